The fourth-order valence-electron chi connectivity index (χ4n) is 9.26. The Bertz CT molecular complexity index is 1080. The lowest BCUT2D eigenvalue weighted by atomic mass is 9.65. The highest BCUT2D eigenvalue weighted by Crippen LogP contribution is 2.46. The summed E-state index contributed by atoms with van der Waals surface area (Å²) in [4.78, 5) is 13.8. The third kappa shape index (κ3) is 6.04. The molecule has 4 saturated carbocycles. The van der Waals surface area contributed by atoms with Crippen LogP contribution in [0.15, 0.2) is 4.79 Å². The van der Waals surface area contributed by atoms with Crippen LogP contribution in [0, 0.1) is 35.5 Å². The lowest BCUT2D eigenvalue weighted by Crippen LogP contribution is -2.37. The molecule has 0 aromatic carbocycles. The molecule has 2 aromatic rings. The first-order valence-corrected chi connectivity index (χ1v) is 16.6. The Morgan fingerprint density at radius 2 is 1.56 bits per heavy atom. The Balaban J connectivity index is 1.11. The van der Waals surface area contributed by atoms with E-state index in [0.717, 1.165) is 61.8 Å². The van der Waals surface area contributed by atoms with Crippen LogP contribution in [0.2, 0.25) is 0 Å². The molecule has 0 amide bonds. The molecule has 5 unspecified atom stereocenters. The number of aromatic amines is 1. The number of H-pyrrole nitrogens is 1. The van der Waals surface area contributed by atoms with Crippen LogP contribution in [0.25, 0.3) is 0 Å². The molecular formula is C31H51N7O. The summed E-state index contributed by atoms with van der Waals surface area (Å²) < 4.78 is 4.00. The van der Waals surface area contributed by atoms with E-state index in [2.05, 4.69) is 32.1 Å². The molecule has 0 saturated heterocycles. The van der Waals surface area contributed by atoms with E-state index in [4.69, 9.17) is 5.10 Å². The largest absolute Gasteiger partial charge is 0.345 e. The van der Waals surface area contributed by atoms with Crippen molar-refractivity contribution in [2.45, 2.75) is 142 Å². The number of fused-ring (bicyclic) bond motifs is 1. The zero-order chi connectivity index (χ0) is 26.6. The summed E-state index contributed by atoms with van der Waals surface area (Å²) in [6.07, 6.45) is 22.8. The van der Waals surface area contributed by atoms with Crippen LogP contribution in [-0.2, 0) is 19.5 Å². The number of aromatic nitrogens is 7. The van der Waals surface area contributed by atoms with Gasteiger partial charge >= 0.3 is 5.69 Å². The zero-order valence-corrected chi connectivity index (χ0v) is 24.3. The van der Waals surface area contributed by atoms with Gasteiger partial charge < -0.3 is 0 Å². The molecule has 4 aliphatic rings. The predicted octanol–water partition coefficient (Wildman–Crippen LogP) is 6.29. The van der Waals surface area contributed by atoms with Crippen molar-refractivity contribution in [3.8, 4) is 0 Å². The summed E-state index contributed by atoms with van der Waals surface area (Å²) in [6, 6.07) is 0. The van der Waals surface area contributed by atoms with Crippen LogP contribution in [0.1, 0.15) is 134 Å². The Labute approximate surface area is 234 Å². The quantitative estimate of drug-likeness (QED) is 0.406. The maximum atomic E-state index is 13.8. The zero-order valence-electron chi connectivity index (χ0n) is 24.3. The second-order valence-electron chi connectivity index (χ2n) is 13.6. The first-order valence-electron chi connectivity index (χ1n) is 16.6. The number of nitrogens with zero attached hydrogens (tertiary/aromatic N) is 6. The monoisotopic (exact) mass is 537 g/mol. The van der Waals surface area contributed by atoms with Crippen molar-refractivity contribution in [1.29, 1.82) is 0 Å². The third-order valence-electron chi connectivity index (χ3n) is 11.3. The maximum absolute atomic E-state index is 13.8. The maximum Gasteiger partial charge on any atom is 0.345 e. The average Bonchev–Trinajstić information content (AvgIpc) is 3.62. The molecule has 4 aliphatic carbocycles. The minimum Gasteiger partial charge on any atom is -0.279 e. The molecule has 8 nitrogen and oxygen atoms in total. The van der Waals surface area contributed by atoms with Crippen molar-refractivity contribution >= 4 is 0 Å². The van der Waals surface area contributed by atoms with Crippen molar-refractivity contribution < 1.29 is 0 Å². The van der Waals surface area contributed by atoms with E-state index in [1.807, 2.05) is 4.68 Å². The highest BCUT2D eigenvalue weighted by atomic mass is 16.2. The Kier molecular flexibility index (Phi) is 8.84. The van der Waals surface area contributed by atoms with Gasteiger partial charge in [-0.3, -0.25) is 4.57 Å². The van der Waals surface area contributed by atoms with Gasteiger partial charge in [-0.1, -0.05) is 63.5 Å². The molecule has 6 rings (SSSR count). The van der Waals surface area contributed by atoms with Gasteiger partial charge in [0.05, 0.1) is 0 Å². The summed E-state index contributed by atoms with van der Waals surface area (Å²) in [6.45, 7) is 3.94. The van der Waals surface area contributed by atoms with E-state index < -0.39 is 0 Å². The smallest absolute Gasteiger partial charge is 0.279 e. The van der Waals surface area contributed by atoms with Gasteiger partial charge in [-0.05, 0) is 93.3 Å². The van der Waals surface area contributed by atoms with Crippen LogP contribution in [0.4, 0.5) is 0 Å². The van der Waals surface area contributed by atoms with Crippen LogP contribution in [-0.4, -0.2) is 35.0 Å². The van der Waals surface area contributed by atoms with E-state index in [1.165, 1.54) is 96.3 Å². The first kappa shape index (κ1) is 27.2. The number of nitrogens with one attached hydrogen (secondary N) is 1. The van der Waals surface area contributed by atoms with Gasteiger partial charge in [0, 0.05) is 25.4 Å². The van der Waals surface area contributed by atoms with E-state index in [9.17, 15) is 4.79 Å². The second-order valence-corrected chi connectivity index (χ2v) is 13.6. The number of hydrogen-bond acceptors (Lipinski definition) is 5. The average molecular weight is 538 g/mol. The fourth-order valence-corrected chi connectivity index (χ4v) is 9.26. The Morgan fingerprint density at radius 3 is 2.36 bits per heavy atom. The molecule has 0 spiro atoms. The Hall–Kier alpha value is -1.99. The van der Waals surface area contributed by atoms with Gasteiger partial charge in [-0.15, -0.1) is 10.2 Å². The second kappa shape index (κ2) is 12.7. The highest BCUT2D eigenvalue weighted by Gasteiger charge is 2.38. The number of unbranched alkanes of at least 4 members (excludes halogenated alkanes) is 1. The van der Waals surface area contributed by atoms with E-state index in [0.29, 0.717) is 23.7 Å². The minimum atomic E-state index is 0.172. The van der Waals surface area contributed by atoms with Crippen LogP contribution in [0.3, 0.4) is 0 Å². The Morgan fingerprint density at radius 1 is 0.821 bits per heavy atom. The van der Waals surface area contributed by atoms with Gasteiger partial charge in [-0.25, -0.2) is 9.48 Å². The molecule has 5 atom stereocenters. The molecule has 4 fully saturated rings. The molecule has 0 bridgehead atoms. The van der Waals surface area contributed by atoms with Crippen LogP contribution >= 0.6 is 0 Å². The van der Waals surface area contributed by atoms with E-state index in [-0.39, 0.29) is 5.69 Å². The first-order chi connectivity index (χ1) is 19.2. The summed E-state index contributed by atoms with van der Waals surface area (Å²) in [5.41, 5.74) is 0.172. The van der Waals surface area contributed by atoms with Crippen molar-refractivity contribution in [2.24, 2.45) is 35.5 Å². The molecule has 8 heteroatoms. The summed E-state index contributed by atoms with van der Waals surface area (Å²) in [7, 11) is 0. The molecule has 1 N–H and O–H groups in total. The van der Waals surface area contributed by atoms with E-state index >= 15 is 0 Å². The normalized spacial score (nSPS) is 33.6. The van der Waals surface area contributed by atoms with Gasteiger partial charge in [0.25, 0.3) is 0 Å². The van der Waals surface area contributed by atoms with Gasteiger partial charge in [0.1, 0.15) is 5.82 Å². The lowest BCUT2D eigenvalue weighted by molar-refractivity contribution is 0.0888. The molecule has 0 aliphatic heterocycles. The molecular weight excluding hydrogens is 486 g/mol. The number of tetrazole rings is 1. The van der Waals surface area contributed by atoms with Crippen molar-refractivity contribution in [3.63, 3.8) is 0 Å². The summed E-state index contributed by atoms with van der Waals surface area (Å²) in [5.74, 6) is 6.81. The van der Waals surface area contributed by atoms with Gasteiger partial charge in [0.2, 0.25) is 0 Å². The molecule has 216 valence electrons. The predicted molar refractivity (Wildman–Crippen MR) is 152 cm³/mol. The summed E-state index contributed by atoms with van der Waals surface area (Å²) >= 11 is 0. The van der Waals surface area contributed by atoms with E-state index in [1.54, 1.807) is 0 Å². The van der Waals surface area contributed by atoms with Crippen molar-refractivity contribution in [2.75, 3.05) is 0 Å². The SMILES string of the molecule is CCCCc1nn(CC2CCCC3CCCCC32)c(=O)n1CC1CCC(C2CCCCC2c2nn[nH]n2)CC1. The van der Waals surface area contributed by atoms with Crippen LogP contribution < -0.4 is 5.69 Å². The van der Waals surface area contributed by atoms with Crippen LogP contribution in [0.5, 0.6) is 0 Å². The van der Waals surface area contributed by atoms with Crippen molar-refractivity contribution in [3.05, 3.63) is 22.1 Å². The molecule has 2 heterocycles. The topological polar surface area (TPSA) is 94.3 Å². The highest BCUT2D eigenvalue weighted by molar-refractivity contribution is 5.00. The van der Waals surface area contributed by atoms with Gasteiger partial charge in [-0.2, -0.15) is 10.3 Å². The number of aryl methyl sites for hydroxylation is 1. The van der Waals surface area contributed by atoms with Crippen molar-refractivity contribution in [1.82, 2.24) is 35.0 Å². The minimum absolute atomic E-state index is 0.172. The number of rotatable bonds is 9. The third-order valence-corrected chi connectivity index (χ3v) is 11.3. The molecule has 2 aromatic heterocycles. The molecule has 0 radical (unpaired) electrons. The molecule has 39 heavy (non-hydrogen) atoms. The fraction of sp³-hybridized carbons (Fsp3) is 0.903. The standard InChI is InChI=1S/C31H51N7O/c1-2-3-15-29-34-38(21-25-11-8-10-23-9-4-5-12-26(23)25)31(39)37(29)20-22-16-18-24(19-17-22)27-13-6-7-14-28(27)30-32-35-36-33-30/h22-28H,2-21H2,1H3,(H,32,33,35,36). The summed E-state index contributed by atoms with van der Waals surface area (Å²) in [5, 5.41) is 20.3. The lowest BCUT2D eigenvalue weighted by Gasteiger charge is -2.41. The number of hydrogen-bond donors (Lipinski definition) is 1. The van der Waals surface area contributed by atoms with Gasteiger partial charge in [0.15, 0.2) is 5.82 Å².